The van der Waals surface area contributed by atoms with Gasteiger partial charge >= 0.3 is 0 Å². The van der Waals surface area contributed by atoms with Gasteiger partial charge < -0.3 is 35.1 Å². The van der Waals surface area contributed by atoms with Crippen molar-refractivity contribution in [3.05, 3.63) is 70.7 Å². The van der Waals surface area contributed by atoms with Gasteiger partial charge in [-0.25, -0.2) is 12.6 Å². The molecule has 0 aliphatic carbocycles. The third kappa shape index (κ3) is 25.2. The summed E-state index contributed by atoms with van der Waals surface area (Å²) in [5.41, 5.74) is 7.40. The van der Waals surface area contributed by atoms with E-state index in [1.54, 1.807) is 0 Å². The van der Waals surface area contributed by atoms with Gasteiger partial charge in [0.25, 0.3) is 0 Å². The maximum atomic E-state index is 10.3. The van der Waals surface area contributed by atoms with Crippen LogP contribution in [0.25, 0.3) is 0 Å². The summed E-state index contributed by atoms with van der Waals surface area (Å²) in [5, 5.41) is 15.7. The lowest BCUT2D eigenvalue weighted by atomic mass is 10.1. The molecule has 0 amide bonds. The van der Waals surface area contributed by atoms with Crippen LogP contribution in [0.1, 0.15) is 24.0 Å². The van der Waals surface area contributed by atoms with Crippen LogP contribution in [0.2, 0.25) is 5.02 Å². The molecule has 0 fully saturated rings. The number of aliphatic hydroxyl groups is 1. The molecule has 2 rings (SSSR count). The maximum Gasteiger partial charge on any atom is 0.155 e. The van der Waals surface area contributed by atoms with Gasteiger partial charge in [0.2, 0.25) is 0 Å². The van der Waals surface area contributed by atoms with Crippen molar-refractivity contribution in [2.45, 2.75) is 31.9 Å². The van der Waals surface area contributed by atoms with Crippen LogP contribution in [0.5, 0.6) is 0 Å². The molecule has 0 aromatic heterocycles. The molecular weight excluding hydrogens is 574 g/mol. The fraction of sp³-hybridized carbons (Fsp3) is 0.500. The fourth-order valence-electron chi connectivity index (χ4n) is 2.71. The Hall–Kier alpha value is -1.10. The Kier molecular flexibility index (Phi) is 24.2. The maximum absolute atomic E-state index is 10.3. The molecule has 38 heavy (non-hydrogen) atoms. The summed E-state index contributed by atoms with van der Waals surface area (Å²) in [6.45, 7) is 3.26. The van der Waals surface area contributed by atoms with Crippen LogP contribution in [0.4, 0.5) is 0 Å². The highest BCUT2D eigenvalue weighted by Gasteiger charge is 2.03. The van der Waals surface area contributed by atoms with E-state index in [4.69, 9.17) is 36.1 Å². The first-order valence-electron chi connectivity index (χ1n) is 11.9. The Balaban J connectivity index is 0.000000569. The highest BCUT2D eigenvalue weighted by Crippen LogP contribution is 2.09. The minimum absolute atomic E-state index is 0.0340. The lowest BCUT2D eigenvalue weighted by Gasteiger charge is -2.03. The Labute approximate surface area is 238 Å². The van der Waals surface area contributed by atoms with Crippen molar-refractivity contribution in [3.63, 3.8) is 0 Å². The van der Waals surface area contributed by atoms with Gasteiger partial charge in [0.1, 0.15) is 0 Å². The second-order valence-corrected chi connectivity index (χ2v) is 11.4. The molecule has 0 aliphatic rings. The van der Waals surface area contributed by atoms with E-state index in [0.717, 1.165) is 49.6 Å². The average Bonchev–Trinajstić information content (AvgIpc) is 2.87. The number of nitrogens with one attached hydrogen (secondary N) is 2. The molecule has 4 unspecified atom stereocenters. The minimum atomic E-state index is -1.93. The van der Waals surface area contributed by atoms with Crippen molar-refractivity contribution in [1.82, 2.24) is 10.6 Å². The number of nitrogens with two attached hydrogens (primary N) is 1. The second-order valence-electron chi connectivity index (χ2n) is 7.92. The van der Waals surface area contributed by atoms with E-state index < -0.39 is 39.3 Å². The number of rotatable bonds is 16. The standard InChI is InChI=1S/C11H17NO2S.C10H14ClNO2S.C3H9NO3S/c13-15(14)10-4-8-12-9-7-11-5-2-1-3-6-11;11-10-4-2-9(3-5-10)8-12-6-1-7-15(13)14;4-1-3(5)2-8(6)7/h1-3,5-6,12H,4,7-10H2,(H,13,14);2-5,12H,1,6-8H2,(H,13,14);3,5H,1-2,4H2,(H,6,7). The first-order valence-corrected chi connectivity index (χ1v) is 16.1. The largest absolute Gasteiger partial charge is 0.391 e. The van der Waals surface area contributed by atoms with Crippen molar-refractivity contribution >= 4 is 44.8 Å². The van der Waals surface area contributed by atoms with Crippen molar-refractivity contribution in [2.24, 2.45) is 5.73 Å². The second kappa shape index (κ2) is 24.9. The van der Waals surface area contributed by atoms with Crippen molar-refractivity contribution < 1.29 is 31.4 Å². The summed E-state index contributed by atoms with van der Waals surface area (Å²) in [7, 11) is 0. The van der Waals surface area contributed by atoms with E-state index in [-0.39, 0.29) is 12.3 Å². The summed E-state index contributed by atoms with van der Waals surface area (Å²) in [6.07, 6.45) is 1.61. The molecule has 0 heterocycles. The highest BCUT2D eigenvalue weighted by molar-refractivity contribution is 7.79. The number of hydrogen-bond acceptors (Lipinski definition) is 7. The number of hydrogen-bond donors (Lipinski definition) is 7. The van der Waals surface area contributed by atoms with Crippen LogP contribution < -0.4 is 16.4 Å². The molecular formula is C24H40ClN3O7S3. The molecule has 0 saturated heterocycles. The van der Waals surface area contributed by atoms with Gasteiger partial charge in [0.05, 0.1) is 23.4 Å². The van der Waals surface area contributed by atoms with E-state index in [2.05, 4.69) is 22.8 Å². The molecule has 0 radical (unpaired) electrons. The van der Waals surface area contributed by atoms with Gasteiger partial charge in [-0.15, -0.1) is 0 Å². The Morgan fingerprint density at radius 1 is 0.763 bits per heavy atom. The van der Waals surface area contributed by atoms with Crippen molar-refractivity contribution in [2.75, 3.05) is 43.4 Å². The molecule has 14 heteroatoms. The Morgan fingerprint density at radius 3 is 1.79 bits per heavy atom. The van der Waals surface area contributed by atoms with Gasteiger partial charge in [-0.05, 0) is 62.2 Å². The first kappa shape index (κ1) is 36.9. The predicted octanol–water partition coefficient (Wildman–Crippen LogP) is 2.00. The summed E-state index contributed by atoms with van der Waals surface area (Å²) >= 11 is 0.502. The summed E-state index contributed by atoms with van der Waals surface area (Å²) in [6, 6.07) is 17.9. The Morgan fingerprint density at radius 2 is 1.32 bits per heavy atom. The van der Waals surface area contributed by atoms with E-state index in [9.17, 15) is 12.6 Å². The lowest BCUT2D eigenvalue weighted by molar-refractivity contribution is 0.205. The van der Waals surface area contributed by atoms with E-state index in [1.165, 1.54) is 5.56 Å². The minimum Gasteiger partial charge on any atom is -0.391 e. The third-order valence-electron chi connectivity index (χ3n) is 4.63. The molecule has 2 aromatic rings. The molecule has 0 bridgehead atoms. The summed E-state index contributed by atoms with van der Waals surface area (Å²) in [4.78, 5) is 0. The molecule has 4 atom stereocenters. The first-order chi connectivity index (χ1) is 18.1. The van der Waals surface area contributed by atoms with Crippen LogP contribution in [0.3, 0.4) is 0 Å². The van der Waals surface area contributed by atoms with Gasteiger partial charge in [0.15, 0.2) is 33.2 Å². The molecule has 8 N–H and O–H groups in total. The highest BCUT2D eigenvalue weighted by atomic mass is 35.5. The third-order valence-corrected chi connectivity index (χ3v) is 6.83. The normalized spacial score (nSPS) is 13.7. The number of halogens is 1. The zero-order chi connectivity index (χ0) is 28.6. The van der Waals surface area contributed by atoms with Crippen molar-refractivity contribution in [1.29, 1.82) is 0 Å². The lowest BCUT2D eigenvalue weighted by Crippen LogP contribution is -2.25. The van der Waals surface area contributed by atoms with Crippen LogP contribution in [0.15, 0.2) is 54.6 Å². The van der Waals surface area contributed by atoms with Crippen LogP contribution in [0, 0.1) is 0 Å². The van der Waals surface area contributed by atoms with Crippen LogP contribution >= 0.6 is 11.6 Å². The fourth-order valence-corrected chi connectivity index (χ4v) is 4.09. The zero-order valence-electron chi connectivity index (χ0n) is 21.2. The Bertz CT molecular complexity index is 913. The van der Waals surface area contributed by atoms with Gasteiger partial charge in [-0.2, -0.15) is 0 Å². The van der Waals surface area contributed by atoms with Gasteiger partial charge in [-0.1, -0.05) is 54.1 Å². The summed E-state index contributed by atoms with van der Waals surface area (Å²) in [5.74, 6) is 0.530. The quantitative estimate of drug-likeness (QED) is 0.109. The molecule has 2 aromatic carbocycles. The van der Waals surface area contributed by atoms with Crippen LogP contribution in [-0.4, -0.2) is 80.9 Å². The van der Waals surface area contributed by atoms with Crippen molar-refractivity contribution in [3.8, 4) is 0 Å². The SMILES string of the molecule is NCC(O)CS(=O)O.O=S(O)CCCNCCc1ccccc1.O=S(O)CCCNCc1ccc(Cl)cc1. The van der Waals surface area contributed by atoms with E-state index in [1.807, 2.05) is 42.5 Å². The zero-order valence-corrected chi connectivity index (χ0v) is 24.5. The molecule has 0 spiro atoms. The molecule has 10 nitrogen and oxygen atoms in total. The number of benzene rings is 2. The van der Waals surface area contributed by atoms with Gasteiger partial charge in [0, 0.05) is 18.1 Å². The molecule has 218 valence electrons. The average molecular weight is 614 g/mol. The van der Waals surface area contributed by atoms with Gasteiger partial charge in [-0.3, -0.25) is 0 Å². The topological polar surface area (TPSA) is 182 Å². The van der Waals surface area contributed by atoms with Crippen LogP contribution in [-0.2, 0) is 46.2 Å². The molecule has 0 saturated carbocycles. The van der Waals surface area contributed by atoms with E-state index >= 15 is 0 Å². The van der Waals surface area contributed by atoms with E-state index in [0.29, 0.717) is 17.9 Å². The smallest absolute Gasteiger partial charge is 0.155 e. The summed E-state index contributed by atoms with van der Waals surface area (Å²) < 4.78 is 55.7. The molecule has 0 aliphatic heterocycles. The predicted molar refractivity (Wildman–Crippen MR) is 157 cm³/mol. The number of aliphatic hydroxyl groups excluding tert-OH is 1. The monoisotopic (exact) mass is 613 g/mol.